The first-order chi connectivity index (χ1) is 6.74. The zero-order valence-electron chi connectivity index (χ0n) is 7.72. The average Bonchev–Trinajstić information content (AvgIpc) is 2.18. The Bertz CT molecular complexity index is 328. The van der Waals surface area contributed by atoms with Gasteiger partial charge in [-0.3, -0.25) is 0 Å². The van der Waals surface area contributed by atoms with Crippen LogP contribution in [0.15, 0.2) is 24.5 Å². The summed E-state index contributed by atoms with van der Waals surface area (Å²) >= 11 is 5.60. The molecule has 0 aromatic carbocycles. The quantitative estimate of drug-likeness (QED) is 0.755. The van der Waals surface area contributed by atoms with Crippen molar-refractivity contribution in [2.24, 2.45) is 0 Å². The van der Waals surface area contributed by atoms with Gasteiger partial charge in [0.1, 0.15) is 5.15 Å². The van der Waals surface area contributed by atoms with E-state index in [1.807, 2.05) is 13.1 Å². The van der Waals surface area contributed by atoms with Crippen LogP contribution in [-0.2, 0) is 0 Å². The molecular formula is C9H11ClFN3. The molecule has 0 saturated carbocycles. The maximum atomic E-state index is 13.0. The van der Waals surface area contributed by atoms with Gasteiger partial charge >= 0.3 is 0 Å². The summed E-state index contributed by atoms with van der Waals surface area (Å²) < 4.78 is 13.0. The molecule has 0 saturated heterocycles. The first-order valence-electron chi connectivity index (χ1n) is 4.11. The summed E-state index contributed by atoms with van der Waals surface area (Å²) in [6.45, 7) is 0.716. The second kappa shape index (κ2) is 5.57. The minimum absolute atomic E-state index is 0.260. The van der Waals surface area contributed by atoms with Crippen molar-refractivity contribution in [1.29, 1.82) is 0 Å². The van der Waals surface area contributed by atoms with Crippen LogP contribution >= 0.6 is 11.6 Å². The Labute approximate surface area is 87.0 Å². The molecule has 0 radical (unpaired) electrons. The minimum atomic E-state index is -0.427. The standard InChI is InChI=1S/C9H11ClFN3/c1-12-3-2-4-13-8-5-9(10)14-6-7(8)11/h2,4-6,12H,3H2,1H3,(H,13,14)/b4-2+. The highest BCUT2D eigenvalue weighted by Crippen LogP contribution is 2.16. The molecule has 1 aromatic rings. The highest BCUT2D eigenvalue weighted by molar-refractivity contribution is 6.29. The molecular weight excluding hydrogens is 205 g/mol. The summed E-state index contributed by atoms with van der Waals surface area (Å²) in [5.41, 5.74) is 0.317. The van der Waals surface area contributed by atoms with Crippen molar-refractivity contribution in [3.8, 4) is 0 Å². The van der Waals surface area contributed by atoms with Crippen LogP contribution in [0, 0.1) is 5.82 Å². The normalized spacial score (nSPS) is 10.8. The lowest BCUT2D eigenvalue weighted by Gasteiger charge is -2.01. The van der Waals surface area contributed by atoms with Crippen molar-refractivity contribution < 1.29 is 4.39 Å². The van der Waals surface area contributed by atoms with Gasteiger partial charge in [-0.1, -0.05) is 17.7 Å². The molecule has 5 heteroatoms. The monoisotopic (exact) mass is 215 g/mol. The van der Waals surface area contributed by atoms with Crippen LogP contribution in [-0.4, -0.2) is 18.6 Å². The number of nitrogens with zero attached hydrogens (tertiary/aromatic N) is 1. The van der Waals surface area contributed by atoms with E-state index in [4.69, 9.17) is 11.6 Å². The predicted molar refractivity (Wildman–Crippen MR) is 55.9 cm³/mol. The fraction of sp³-hybridized carbons (Fsp3) is 0.222. The number of hydrogen-bond acceptors (Lipinski definition) is 3. The van der Waals surface area contributed by atoms with Gasteiger partial charge in [-0.25, -0.2) is 9.37 Å². The number of aromatic nitrogens is 1. The van der Waals surface area contributed by atoms with E-state index in [-0.39, 0.29) is 5.15 Å². The second-order valence-electron chi connectivity index (χ2n) is 2.59. The first kappa shape index (κ1) is 10.9. The van der Waals surface area contributed by atoms with Crippen molar-refractivity contribution in [1.82, 2.24) is 10.3 Å². The SMILES string of the molecule is CNC/C=C/Nc1cc(Cl)ncc1F. The Morgan fingerprint density at radius 2 is 2.43 bits per heavy atom. The van der Waals surface area contributed by atoms with Crippen molar-refractivity contribution in [3.63, 3.8) is 0 Å². The predicted octanol–water partition coefficient (Wildman–Crippen LogP) is 2.02. The third kappa shape index (κ3) is 3.32. The molecule has 1 aromatic heterocycles. The maximum absolute atomic E-state index is 13.0. The molecule has 0 unspecified atom stereocenters. The Kier molecular flexibility index (Phi) is 4.35. The number of halogens is 2. The summed E-state index contributed by atoms with van der Waals surface area (Å²) in [4.78, 5) is 3.60. The van der Waals surface area contributed by atoms with Gasteiger partial charge in [-0.05, 0) is 13.2 Å². The highest BCUT2D eigenvalue weighted by atomic mass is 35.5. The smallest absolute Gasteiger partial charge is 0.164 e. The molecule has 1 heterocycles. The number of rotatable bonds is 4. The van der Waals surface area contributed by atoms with Crippen LogP contribution < -0.4 is 10.6 Å². The number of hydrogen-bond donors (Lipinski definition) is 2. The molecule has 76 valence electrons. The number of pyridine rings is 1. The van der Waals surface area contributed by atoms with Crippen molar-refractivity contribution in [2.75, 3.05) is 18.9 Å². The Hall–Kier alpha value is -1.13. The zero-order chi connectivity index (χ0) is 10.4. The van der Waals surface area contributed by atoms with Gasteiger partial charge in [0.2, 0.25) is 0 Å². The molecule has 1 rings (SSSR count). The van der Waals surface area contributed by atoms with E-state index in [1.54, 1.807) is 6.20 Å². The Morgan fingerprint density at radius 3 is 3.14 bits per heavy atom. The van der Waals surface area contributed by atoms with Crippen molar-refractivity contribution in [2.45, 2.75) is 0 Å². The Balaban J connectivity index is 2.62. The first-order valence-corrected chi connectivity index (χ1v) is 4.49. The van der Waals surface area contributed by atoms with E-state index in [2.05, 4.69) is 15.6 Å². The Morgan fingerprint density at radius 1 is 1.64 bits per heavy atom. The second-order valence-corrected chi connectivity index (χ2v) is 2.98. The van der Waals surface area contributed by atoms with Crippen molar-refractivity contribution >= 4 is 17.3 Å². The summed E-state index contributed by atoms with van der Waals surface area (Å²) in [6, 6.07) is 1.43. The summed E-state index contributed by atoms with van der Waals surface area (Å²) in [5, 5.41) is 5.95. The largest absolute Gasteiger partial charge is 0.359 e. The van der Waals surface area contributed by atoms with Crippen LogP contribution in [0.5, 0.6) is 0 Å². The van der Waals surface area contributed by atoms with Crippen LogP contribution in [0.25, 0.3) is 0 Å². The number of likely N-dealkylation sites (N-methyl/N-ethyl adjacent to an activating group) is 1. The van der Waals surface area contributed by atoms with Crippen LogP contribution in [0.1, 0.15) is 0 Å². The van der Waals surface area contributed by atoms with E-state index in [9.17, 15) is 4.39 Å². The fourth-order valence-corrected chi connectivity index (χ4v) is 1.01. The lowest BCUT2D eigenvalue weighted by Crippen LogP contribution is -2.04. The van der Waals surface area contributed by atoms with Crippen LogP contribution in [0.4, 0.5) is 10.1 Å². The molecule has 0 aliphatic heterocycles. The summed E-state index contributed by atoms with van der Waals surface area (Å²) in [6.07, 6.45) is 4.55. The van der Waals surface area contributed by atoms with E-state index < -0.39 is 5.82 Å². The average molecular weight is 216 g/mol. The van der Waals surface area contributed by atoms with Gasteiger partial charge in [0, 0.05) is 12.6 Å². The third-order valence-electron chi connectivity index (χ3n) is 1.50. The van der Waals surface area contributed by atoms with E-state index in [1.165, 1.54) is 6.07 Å². The molecule has 0 fully saturated rings. The van der Waals surface area contributed by atoms with Crippen LogP contribution in [0.2, 0.25) is 5.15 Å². The van der Waals surface area contributed by atoms with Gasteiger partial charge in [0.15, 0.2) is 5.82 Å². The number of anilines is 1. The zero-order valence-corrected chi connectivity index (χ0v) is 8.48. The van der Waals surface area contributed by atoms with Gasteiger partial charge in [-0.2, -0.15) is 0 Å². The lowest BCUT2D eigenvalue weighted by atomic mass is 10.4. The van der Waals surface area contributed by atoms with E-state index in [0.717, 1.165) is 6.20 Å². The van der Waals surface area contributed by atoms with Crippen molar-refractivity contribution in [3.05, 3.63) is 35.5 Å². The summed E-state index contributed by atoms with van der Waals surface area (Å²) in [7, 11) is 1.83. The maximum Gasteiger partial charge on any atom is 0.164 e. The van der Waals surface area contributed by atoms with E-state index in [0.29, 0.717) is 12.2 Å². The molecule has 0 amide bonds. The molecule has 0 atom stereocenters. The third-order valence-corrected chi connectivity index (χ3v) is 1.71. The molecule has 0 bridgehead atoms. The van der Waals surface area contributed by atoms with Crippen LogP contribution in [0.3, 0.4) is 0 Å². The molecule has 3 nitrogen and oxygen atoms in total. The van der Waals surface area contributed by atoms with Gasteiger partial charge < -0.3 is 10.6 Å². The molecule has 0 aliphatic carbocycles. The molecule has 0 aliphatic rings. The summed E-state index contributed by atoms with van der Waals surface area (Å²) in [5.74, 6) is -0.427. The minimum Gasteiger partial charge on any atom is -0.359 e. The van der Waals surface area contributed by atoms with Gasteiger partial charge in [0.25, 0.3) is 0 Å². The highest BCUT2D eigenvalue weighted by Gasteiger charge is 2.00. The molecule has 14 heavy (non-hydrogen) atoms. The van der Waals surface area contributed by atoms with Gasteiger partial charge in [0.05, 0.1) is 11.9 Å². The van der Waals surface area contributed by atoms with Gasteiger partial charge in [-0.15, -0.1) is 0 Å². The molecule has 2 N–H and O–H groups in total. The topological polar surface area (TPSA) is 37.0 Å². The number of nitrogens with one attached hydrogen (secondary N) is 2. The lowest BCUT2D eigenvalue weighted by molar-refractivity contribution is 0.625. The van der Waals surface area contributed by atoms with E-state index >= 15 is 0 Å². The molecule has 0 spiro atoms. The fourth-order valence-electron chi connectivity index (χ4n) is 0.849.